The number of benzene rings is 2. The number of hydrogen-bond acceptors (Lipinski definition) is 4. The third-order valence-electron chi connectivity index (χ3n) is 5.49. The number of carbonyl (C=O) groups excluding carboxylic acids is 2. The maximum atomic E-state index is 13.0. The molecular formula is C25H34BNO4. The van der Waals surface area contributed by atoms with Crippen LogP contribution in [0.25, 0.3) is 0 Å². The molecule has 3 N–H and O–H groups in total. The molecule has 0 aliphatic heterocycles. The van der Waals surface area contributed by atoms with Crippen LogP contribution in [0.1, 0.15) is 57.1 Å². The first kappa shape index (κ1) is 24.8. The average Bonchev–Trinajstić information content (AvgIpc) is 2.73. The number of hydrogen-bond donors (Lipinski definition) is 3. The molecule has 5 nitrogen and oxygen atoms in total. The third kappa shape index (κ3) is 8.68. The molecule has 2 aromatic carbocycles. The number of ketones is 1. The van der Waals surface area contributed by atoms with E-state index in [0.29, 0.717) is 19.3 Å². The summed E-state index contributed by atoms with van der Waals surface area (Å²) in [6.45, 7) is 5.93. The van der Waals surface area contributed by atoms with E-state index in [1.165, 1.54) is 0 Å². The van der Waals surface area contributed by atoms with E-state index in [1.807, 2.05) is 81.4 Å². The minimum atomic E-state index is -1.64. The summed E-state index contributed by atoms with van der Waals surface area (Å²) in [6, 6.07) is 19.5. The highest BCUT2D eigenvalue weighted by molar-refractivity contribution is 6.43. The molecule has 166 valence electrons. The molecule has 0 bridgehead atoms. The molecule has 0 heterocycles. The number of amides is 1. The van der Waals surface area contributed by atoms with Gasteiger partial charge >= 0.3 is 7.12 Å². The van der Waals surface area contributed by atoms with E-state index in [-0.39, 0.29) is 29.9 Å². The zero-order chi connectivity index (χ0) is 22.8. The second-order valence-corrected chi connectivity index (χ2v) is 8.80. The Morgan fingerprint density at radius 3 is 2.03 bits per heavy atom. The van der Waals surface area contributed by atoms with E-state index in [0.717, 1.165) is 11.1 Å². The van der Waals surface area contributed by atoms with Crippen molar-refractivity contribution in [3.8, 4) is 0 Å². The van der Waals surface area contributed by atoms with Crippen LogP contribution in [-0.4, -0.2) is 34.8 Å². The van der Waals surface area contributed by atoms with Crippen molar-refractivity contribution in [3.05, 3.63) is 71.8 Å². The lowest BCUT2D eigenvalue weighted by atomic mass is 9.74. The quantitative estimate of drug-likeness (QED) is 0.456. The minimum absolute atomic E-state index is 0.0254. The van der Waals surface area contributed by atoms with Gasteiger partial charge in [0.25, 0.3) is 0 Å². The molecule has 0 aliphatic rings. The predicted molar refractivity (Wildman–Crippen MR) is 124 cm³/mol. The van der Waals surface area contributed by atoms with Gasteiger partial charge in [0, 0.05) is 18.8 Å². The molecule has 0 aliphatic carbocycles. The molecule has 0 saturated heterocycles. The van der Waals surface area contributed by atoms with Crippen LogP contribution in [0.4, 0.5) is 0 Å². The summed E-state index contributed by atoms with van der Waals surface area (Å²) in [5.41, 5.74) is 2.07. The Balaban J connectivity index is 2.10. The zero-order valence-electron chi connectivity index (χ0n) is 18.7. The smallest absolute Gasteiger partial charge is 0.426 e. The fraction of sp³-hybridized carbons (Fsp3) is 0.440. The van der Waals surface area contributed by atoms with Gasteiger partial charge in [-0.25, -0.2) is 0 Å². The lowest BCUT2D eigenvalue weighted by molar-refractivity contribution is -0.130. The van der Waals surface area contributed by atoms with E-state index in [9.17, 15) is 19.6 Å². The molecule has 2 rings (SSSR count). The summed E-state index contributed by atoms with van der Waals surface area (Å²) >= 11 is 0. The first-order valence-corrected chi connectivity index (χ1v) is 11.0. The topological polar surface area (TPSA) is 86.6 Å². The monoisotopic (exact) mass is 423 g/mol. The van der Waals surface area contributed by atoms with E-state index in [4.69, 9.17) is 0 Å². The average molecular weight is 423 g/mol. The van der Waals surface area contributed by atoms with Crippen molar-refractivity contribution in [1.29, 1.82) is 0 Å². The van der Waals surface area contributed by atoms with Gasteiger partial charge in [0.05, 0.1) is 5.94 Å². The Bertz CT molecular complexity index is 811. The van der Waals surface area contributed by atoms with Gasteiger partial charge in [-0.1, -0.05) is 81.4 Å². The van der Waals surface area contributed by atoms with Crippen LogP contribution < -0.4 is 5.32 Å². The summed E-state index contributed by atoms with van der Waals surface area (Å²) in [7, 11) is -1.64. The number of carbonyl (C=O) groups is 2. The van der Waals surface area contributed by atoms with Crippen molar-refractivity contribution in [2.75, 3.05) is 0 Å². The number of Topliss-reactive ketones (excluding diaryl/α,β-unsaturated/α-hetero) is 1. The Morgan fingerprint density at radius 2 is 1.48 bits per heavy atom. The summed E-state index contributed by atoms with van der Waals surface area (Å²) in [5.74, 6) is -1.36. The van der Waals surface area contributed by atoms with Crippen molar-refractivity contribution < 1.29 is 19.6 Å². The van der Waals surface area contributed by atoms with E-state index in [2.05, 4.69) is 5.32 Å². The van der Waals surface area contributed by atoms with Crippen LogP contribution in [-0.2, 0) is 16.0 Å². The van der Waals surface area contributed by atoms with Crippen LogP contribution in [0.3, 0.4) is 0 Å². The highest BCUT2D eigenvalue weighted by Gasteiger charge is 2.30. The van der Waals surface area contributed by atoms with Gasteiger partial charge in [-0.3, -0.25) is 9.59 Å². The van der Waals surface area contributed by atoms with E-state index in [1.54, 1.807) is 0 Å². The molecule has 3 atom stereocenters. The molecule has 1 amide bonds. The second-order valence-electron chi connectivity index (χ2n) is 8.80. The Labute approximate surface area is 186 Å². The molecule has 0 fully saturated rings. The summed E-state index contributed by atoms with van der Waals surface area (Å²) in [4.78, 5) is 25.9. The first-order valence-electron chi connectivity index (χ1n) is 11.0. The minimum Gasteiger partial charge on any atom is -0.426 e. The molecule has 0 unspecified atom stereocenters. The van der Waals surface area contributed by atoms with E-state index >= 15 is 0 Å². The molecule has 31 heavy (non-hydrogen) atoms. The van der Waals surface area contributed by atoms with E-state index < -0.39 is 19.0 Å². The highest BCUT2D eigenvalue weighted by Crippen LogP contribution is 2.22. The highest BCUT2D eigenvalue weighted by atomic mass is 16.4. The molecule has 0 aromatic heterocycles. The van der Waals surface area contributed by atoms with Gasteiger partial charge in [-0.2, -0.15) is 0 Å². The fourth-order valence-electron chi connectivity index (χ4n) is 3.82. The Kier molecular flexibility index (Phi) is 9.95. The molecule has 0 radical (unpaired) electrons. The summed E-state index contributed by atoms with van der Waals surface area (Å²) in [5, 5.41) is 22.1. The molecule has 0 spiro atoms. The van der Waals surface area contributed by atoms with Gasteiger partial charge in [0.1, 0.15) is 5.78 Å². The summed E-state index contributed by atoms with van der Waals surface area (Å²) < 4.78 is 0. The molecule has 2 aromatic rings. The Morgan fingerprint density at radius 1 is 0.903 bits per heavy atom. The van der Waals surface area contributed by atoms with Gasteiger partial charge in [-0.05, 0) is 35.8 Å². The molecule has 0 saturated carbocycles. The van der Waals surface area contributed by atoms with Crippen molar-refractivity contribution in [2.24, 2.45) is 11.8 Å². The lowest BCUT2D eigenvalue weighted by Crippen LogP contribution is -2.49. The number of rotatable bonds is 12. The van der Waals surface area contributed by atoms with Crippen molar-refractivity contribution in [1.82, 2.24) is 5.32 Å². The van der Waals surface area contributed by atoms with Crippen LogP contribution in [0.2, 0.25) is 0 Å². The lowest BCUT2D eigenvalue weighted by Gasteiger charge is -2.24. The van der Waals surface area contributed by atoms with Gasteiger partial charge in [0.15, 0.2) is 0 Å². The van der Waals surface area contributed by atoms with Crippen LogP contribution >= 0.6 is 0 Å². The second kappa shape index (κ2) is 12.4. The maximum Gasteiger partial charge on any atom is 0.475 e. The summed E-state index contributed by atoms with van der Waals surface area (Å²) in [6.07, 6.45) is 1.35. The number of nitrogens with one attached hydrogen (secondary N) is 1. The predicted octanol–water partition coefficient (Wildman–Crippen LogP) is 3.54. The third-order valence-corrected chi connectivity index (χ3v) is 5.49. The van der Waals surface area contributed by atoms with Gasteiger partial charge in [-0.15, -0.1) is 0 Å². The van der Waals surface area contributed by atoms with Crippen molar-refractivity contribution in [2.45, 2.75) is 58.3 Å². The molecular weight excluding hydrogens is 389 g/mol. The van der Waals surface area contributed by atoms with Crippen molar-refractivity contribution >= 4 is 18.8 Å². The molecule has 6 heteroatoms. The van der Waals surface area contributed by atoms with Gasteiger partial charge < -0.3 is 15.4 Å². The SMILES string of the molecule is CC(C)C[C@H](NC(=O)[C@@H](CC(=O)C[C@H](C)c1ccccc1)Cc1ccccc1)B(O)O. The van der Waals surface area contributed by atoms with Crippen LogP contribution in [0.15, 0.2) is 60.7 Å². The first-order chi connectivity index (χ1) is 14.8. The fourth-order valence-corrected chi connectivity index (χ4v) is 3.82. The van der Waals surface area contributed by atoms with Gasteiger partial charge in [0.2, 0.25) is 5.91 Å². The van der Waals surface area contributed by atoms with Crippen LogP contribution in [0, 0.1) is 11.8 Å². The maximum absolute atomic E-state index is 13.0. The zero-order valence-corrected chi connectivity index (χ0v) is 18.7. The largest absolute Gasteiger partial charge is 0.475 e. The Hall–Kier alpha value is -2.44. The standard InChI is InChI=1S/C25H34BNO4/c1-18(2)14-24(26(30)31)27-25(29)22(16-20-10-6-4-7-11-20)17-23(28)15-19(3)21-12-8-5-9-13-21/h4-13,18-19,22,24,30-31H,14-17H2,1-3H3,(H,27,29)/t19-,22+,24-/m0/s1. The van der Waals surface area contributed by atoms with Crippen LogP contribution in [0.5, 0.6) is 0 Å². The normalized spacial score (nSPS) is 14.0. The van der Waals surface area contributed by atoms with Crippen molar-refractivity contribution in [3.63, 3.8) is 0 Å².